The second-order valence-electron chi connectivity index (χ2n) is 4.88. The largest absolute Gasteiger partial charge is 0.310 e. The summed E-state index contributed by atoms with van der Waals surface area (Å²) in [5, 5.41) is 3.28. The summed E-state index contributed by atoms with van der Waals surface area (Å²) < 4.78 is 0. The molecule has 1 aromatic heterocycles. The van der Waals surface area contributed by atoms with E-state index in [0.29, 0.717) is 5.92 Å². The van der Waals surface area contributed by atoms with Gasteiger partial charge >= 0.3 is 0 Å². The molecule has 17 heavy (non-hydrogen) atoms. The lowest BCUT2D eigenvalue weighted by molar-refractivity contribution is 0.410. The first kappa shape index (κ1) is 12.5. The van der Waals surface area contributed by atoms with Crippen molar-refractivity contribution in [3.05, 3.63) is 23.3 Å². The van der Waals surface area contributed by atoms with E-state index >= 15 is 0 Å². The number of aryl methyl sites for hydroxylation is 1. The van der Waals surface area contributed by atoms with E-state index in [1.165, 1.54) is 18.7 Å². The van der Waals surface area contributed by atoms with Crippen molar-refractivity contribution < 1.29 is 0 Å². The van der Waals surface area contributed by atoms with Crippen molar-refractivity contribution in [3.8, 4) is 0 Å². The molecule has 4 heteroatoms. The van der Waals surface area contributed by atoms with Crippen LogP contribution in [0.25, 0.3) is 0 Å². The predicted octanol–water partition coefficient (Wildman–Crippen LogP) is 1.31. The molecule has 4 nitrogen and oxygen atoms in total. The zero-order chi connectivity index (χ0) is 12.3. The van der Waals surface area contributed by atoms with Crippen LogP contribution in [0.15, 0.2) is 6.07 Å². The van der Waals surface area contributed by atoms with Crippen molar-refractivity contribution in [2.24, 2.45) is 0 Å². The quantitative estimate of drug-likeness (QED) is 0.853. The zero-order valence-electron chi connectivity index (χ0n) is 11.0. The summed E-state index contributed by atoms with van der Waals surface area (Å²) in [6, 6.07) is 2.14. The maximum atomic E-state index is 4.69. The molecule has 0 aromatic carbocycles. The molecule has 0 aliphatic carbocycles. The first-order valence-electron chi connectivity index (χ1n) is 6.42. The Morgan fingerprint density at radius 3 is 2.94 bits per heavy atom. The highest BCUT2D eigenvalue weighted by atomic mass is 15.1. The Morgan fingerprint density at radius 1 is 1.47 bits per heavy atom. The minimum absolute atomic E-state index is 0.585. The molecule has 1 saturated heterocycles. The number of aromatic nitrogens is 2. The molecule has 1 unspecified atom stereocenters. The SMILES string of the molecule is CCNCc1nc(C)cc(C2CCN(C)C2)n1. The number of hydrogen-bond acceptors (Lipinski definition) is 4. The molecule has 1 N–H and O–H groups in total. The first-order chi connectivity index (χ1) is 8.19. The fraction of sp³-hybridized carbons (Fsp3) is 0.692. The Labute approximate surface area is 103 Å². The summed E-state index contributed by atoms with van der Waals surface area (Å²) in [7, 11) is 2.17. The van der Waals surface area contributed by atoms with Crippen LogP contribution >= 0.6 is 0 Å². The van der Waals surface area contributed by atoms with Gasteiger partial charge in [0.15, 0.2) is 0 Å². The van der Waals surface area contributed by atoms with E-state index in [2.05, 4.69) is 47.1 Å². The van der Waals surface area contributed by atoms with Crippen molar-refractivity contribution in [1.82, 2.24) is 20.2 Å². The number of nitrogens with one attached hydrogen (secondary N) is 1. The summed E-state index contributed by atoms with van der Waals surface area (Å²) in [5.74, 6) is 1.51. The van der Waals surface area contributed by atoms with Gasteiger partial charge in [-0.1, -0.05) is 6.92 Å². The van der Waals surface area contributed by atoms with Crippen molar-refractivity contribution >= 4 is 0 Å². The number of rotatable bonds is 4. The maximum absolute atomic E-state index is 4.69. The van der Waals surface area contributed by atoms with Gasteiger partial charge in [-0.3, -0.25) is 0 Å². The molecule has 1 aromatic rings. The van der Waals surface area contributed by atoms with Gasteiger partial charge in [0.1, 0.15) is 5.82 Å². The predicted molar refractivity (Wildman–Crippen MR) is 69.0 cm³/mol. The molecule has 1 fully saturated rings. The molecule has 94 valence electrons. The van der Waals surface area contributed by atoms with Crippen LogP contribution in [0, 0.1) is 6.92 Å². The van der Waals surface area contributed by atoms with E-state index in [9.17, 15) is 0 Å². The summed E-state index contributed by atoms with van der Waals surface area (Å²) >= 11 is 0. The third kappa shape index (κ3) is 3.23. The Hall–Kier alpha value is -1.00. The van der Waals surface area contributed by atoms with Crippen LogP contribution in [0.3, 0.4) is 0 Å². The highest BCUT2D eigenvalue weighted by molar-refractivity contribution is 5.16. The molecule has 1 aliphatic rings. The molecular weight excluding hydrogens is 212 g/mol. The second-order valence-corrected chi connectivity index (χ2v) is 4.88. The molecule has 0 saturated carbocycles. The number of hydrogen-bond donors (Lipinski definition) is 1. The maximum Gasteiger partial charge on any atom is 0.142 e. The third-order valence-electron chi connectivity index (χ3n) is 3.26. The first-order valence-corrected chi connectivity index (χ1v) is 6.42. The zero-order valence-corrected chi connectivity index (χ0v) is 11.0. The molecule has 1 aliphatic heterocycles. The Kier molecular flexibility index (Phi) is 4.07. The van der Waals surface area contributed by atoms with Crippen molar-refractivity contribution in [3.63, 3.8) is 0 Å². The van der Waals surface area contributed by atoms with Crippen molar-refractivity contribution in [2.75, 3.05) is 26.7 Å². The lowest BCUT2D eigenvalue weighted by atomic mass is 10.0. The third-order valence-corrected chi connectivity index (χ3v) is 3.26. The minimum Gasteiger partial charge on any atom is -0.310 e. The number of likely N-dealkylation sites (N-methyl/N-ethyl adjacent to an activating group) is 1. The van der Waals surface area contributed by atoms with Crippen LogP contribution in [0.5, 0.6) is 0 Å². The summed E-state index contributed by atoms with van der Waals surface area (Å²) in [4.78, 5) is 11.5. The topological polar surface area (TPSA) is 41.1 Å². The van der Waals surface area contributed by atoms with Gasteiger partial charge in [0, 0.05) is 23.9 Å². The van der Waals surface area contributed by atoms with Gasteiger partial charge in [-0.25, -0.2) is 9.97 Å². The van der Waals surface area contributed by atoms with Crippen molar-refractivity contribution in [2.45, 2.75) is 32.7 Å². The Balaban J connectivity index is 2.13. The van der Waals surface area contributed by atoms with Crippen LogP contribution in [0.4, 0.5) is 0 Å². The van der Waals surface area contributed by atoms with Crippen LogP contribution in [0.1, 0.15) is 36.5 Å². The molecule has 2 heterocycles. The van der Waals surface area contributed by atoms with Gasteiger partial charge in [-0.15, -0.1) is 0 Å². The van der Waals surface area contributed by atoms with Crippen LogP contribution in [-0.4, -0.2) is 41.5 Å². The fourth-order valence-electron chi connectivity index (χ4n) is 2.36. The average Bonchev–Trinajstić information content (AvgIpc) is 2.72. The van der Waals surface area contributed by atoms with Gasteiger partial charge in [0.2, 0.25) is 0 Å². The molecule has 0 amide bonds. The molecular formula is C13H22N4. The van der Waals surface area contributed by atoms with Crippen LogP contribution in [0.2, 0.25) is 0 Å². The average molecular weight is 234 g/mol. The highest BCUT2D eigenvalue weighted by Crippen LogP contribution is 2.24. The number of likely N-dealkylation sites (tertiary alicyclic amines) is 1. The highest BCUT2D eigenvalue weighted by Gasteiger charge is 2.22. The molecule has 2 rings (SSSR count). The summed E-state index contributed by atoms with van der Waals surface area (Å²) in [5.41, 5.74) is 2.30. The van der Waals surface area contributed by atoms with E-state index in [4.69, 9.17) is 0 Å². The number of nitrogens with zero attached hydrogens (tertiary/aromatic N) is 3. The molecule has 0 bridgehead atoms. The van der Waals surface area contributed by atoms with Crippen LogP contribution in [-0.2, 0) is 6.54 Å². The minimum atomic E-state index is 0.585. The summed E-state index contributed by atoms with van der Waals surface area (Å²) in [6.07, 6.45) is 1.22. The Morgan fingerprint density at radius 2 is 2.29 bits per heavy atom. The van der Waals surface area contributed by atoms with Gasteiger partial charge in [0.25, 0.3) is 0 Å². The fourth-order valence-corrected chi connectivity index (χ4v) is 2.36. The van der Waals surface area contributed by atoms with Gasteiger partial charge in [-0.05, 0) is 39.5 Å². The van der Waals surface area contributed by atoms with E-state index in [1.54, 1.807) is 0 Å². The van der Waals surface area contributed by atoms with Gasteiger partial charge < -0.3 is 10.2 Å². The molecule has 1 atom stereocenters. The lowest BCUT2D eigenvalue weighted by Crippen LogP contribution is -2.17. The lowest BCUT2D eigenvalue weighted by Gasteiger charge is -2.12. The molecule has 0 spiro atoms. The standard InChI is InChI=1S/C13H22N4/c1-4-14-8-13-15-10(2)7-12(16-13)11-5-6-17(3)9-11/h7,11,14H,4-6,8-9H2,1-3H3. The van der Waals surface area contributed by atoms with E-state index in [-0.39, 0.29) is 0 Å². The van der Waals surface area contributed by atoms with Gasteiger partial charge in [0.05, 0.1) is 6.54 Å². The van der Waals surface area contributed by atoms with E-state index in [1.807, 2.05) is 0 Å². The van der Waals surface area contributed by atoms with E-state index < -0.39 is 0 Å². The van der Waals surface area contributed by atoms with E-state index in [0.717, 1.165) is 31.2 Å². The molecule has 0 radical (unpaired) electrons. The normalized spacial score (nSPS) is 21.0. The van der Waals surface area contributed by atoms with Crippen molar-refractivity contribution in [1.29, 1.82) is 0 Å². The smallest absolute Gasteiger partial charge is 0.142 e. The van der Waals surface area contributed by atoms with Crippen LogP contribution < -0.4 is 5.32 Å². The van der Waals surface area contributed by atoms with Gasteiger partial charge in [-0.2, -0.15) is 0 Å². The summed E-state index contributed by atoms with van der Waals surface area (Å²) in [6.45, 7) is 8.18. The monoisotopic (exact) mass is 234 g/mol. The second kappa shape index (κ2) is 5.56. The Bertz CT molecular complexity index is 378.